The number of nitrogens with zero attached hydrogens (tertiary/aromatic N) is 1. The zero-order chi connectivity index (χ0) is 14.7. The smallest absolute Gasteiger partial charge is 0.128 e. The lowest BCUT2D eigenvalue weighted by atomic mass is 10.1. The van der Waals surface area contributed by atoms with E-state index in [9.17, 15) is 0 Å². The molecule has 0 aliphatic carbocycles. The number of fused-ring (bicyclic) bond motifs is 2. The summed E-state index contributed by atoms with van der Waals surface area (Å²) in [4.78, 5) is 2.48. The Balaban J connectivity index is 0.000000704. The topological polar surface area (TPSA) is 24.5 Å². The monoisotopic (exact) mass is 360 g/mol. The Morgan fingerprint density at radius 2 is 2.20 bits per heavy atom. The summed E-state index contributed by atoms with van der Waals surface area (Å²) in [5, 5.41) is 4.19. The molecule has 1 unspecified atom stereocenters. The lowest BCUT2D eigenvalue weighted by molar-refractivity contribution is 0.120. The van der Waals surface area contributed by atoms with Crippen molar-refractivity contribution >= 4 is 27.5 Å². The van der Waals surface area contributed by atoms with Crippen LogP contribution in [0, 0.1) is 6.92 Å². The Labute approximate surface area is 134 Å². The predicted octanol–water partition coefficient (Wildman–Crippen LogP) is 3.60. The first-order valence-corrected chi connectivity index (χ1v) is 8.39. The van der Waals surface area contributed by atoms with Crippen LogP contribution in [0.5, 0.6) is 5.75 Å². The normalized spacial score (nSPS) is 21.8. The Hall–Kier alpha value is -0.290. The molecule has 2 heterocycles. The zero-order valence-electron chi connectivity index (χ0n) is 12.3. The highest BCUT2D eigenvalue weighted by Gasteiger charge is 2.28. The zero-order valence-corrected chi connectivity index (χ0v) is 14.6. The number of benzene rings is 1. The van der Waals surface area contributed by atoms with Gasteiger partial charge in [-0.15, -0.1) is 0 Å². The van der Waals surface area contributed by atoms with E-state index in [2.05, 4.69) is 33.1 Å². The summed E-state index contributed by atoms with van der Waals surface area (Å²) in [5.74, 6) is 1.00. The Bertz CT molecular complexity index is 481. The first kappa shape index (κ1) is 16.1. The molecular formula is C15H22BrClN2O. The minimum atomic E-state index is 0.461. The Kier molecular flexibility index (Phi) is 5.73. The van der Waals surface area contributed by atoms with Crippen LogP contribution in [-0.4, -0.2) is 37.2 Å². The van der Waals surface area contributed by atoms with E-state index in [1.54, 1.807) is 0 Å². The van der Waals surface area contributed by atoms with Gasteiger partial charge in [0.05, 0.1) is 11.1 Å². The summed E-state index contributed by atoms with van der Waals surface area (Å²) >= 11 is 9.77. The molecule has 2 aliphatic rings. The van der Waals surface area contributed by atoms with Crippen LogP contribution in [-0.2, 0) is 6.54 Å². The number of rotatable bonds is 0. The van der Waals surface area contributed by atoms with Gasteiger partial charge in [-0.2, -0.15) is 0 Å². The second-order valence-electron chi connectivity index (χ2n) is 4.93. The third-order valence-corrected chi connectivity index (χ3v) is 5.29. The number of halogens is 2. The highest BCUT2D eigenvalue weighted by Crippen LogP contribution is 2.38. The molecule has 3 rings (SSSR count). The summed E-state index contributed by atoms with van der Waals surface area (Å²) in [7, 11) is 0. The van der Waals surface area contributed by atoms with Crippen molar-refractivity contribution in [1.82, 2.24) is 10.2 Å². The number of piperazine rings is 1. The van der Waals surface area contributed by atoms with Gasteiger partial charge in [0.15, 0.2) is 0 Å². The molecule has 0 bridgehead atoms. The van der Waals surface area contributed by atoms with Crippen LogP contribution in [0.3, 0.4) is 0 Å². The van der Waals surface area contributed by atoms with Crippen LogP contribution in [0.2, 0.25) is 5.02 Å². The average molecular weight is 362 g/mol. The first-order chi connectivity index (χ1) is 9.66. The molecule has 1 fully saturated rings. The lowest BCUT2D eigenvalue weighted by Crippen LogP contribution is -2.52. The summed E-state index contributed by atoms with van der Waals surface area (Å²) < 4.78 is 6.96. The molecule has 1 saturated heterocycles. The van der Waals surface area contributed by atoms with E-state index in [1.807, 2.05) is 19.9 Å². The van der Waals surface area contributed by atoms with Crippen molar-refractivity contribution < 1.29 is 4.74 Å². The van der Waals surface area contributed by atoms with Crippen molar-refractivity contribution in [3.05, 3.63) is 26.7 Å². The van der Waals surface area contributed by atoms with Crippen molar-refractivity contribution in [2.75, 3.05) is 26.2 Å². The maximum atomic E-state index is 6.25. The van der Waals surface area contributed by atoms with Crippen molar-refractivity contribution in [1.29, 1.82) is 0 Å². The maximum Gasteiger partial charge on any atom is 0.128 e. The first-order valence-electron chi connectivity index (χ1n) is 7.22. The van der Waals surface area contributed by atoms with Crippen LogP contribution < -0.4 is 10.1 Å². The Morgan fingerprint density at radius 3 is 2.95 bits per heavy atom. The molecule has 0 amide bonds. The van der Waals surface area contributed by atoms with Crippen LogP contribution in [0.4, 0.5) is 0 Å². The van der Waals surface area contributed by atoms with Gasteiger partial charge in [0.1, 0.15) is 12.4 Å². The predicted molar refractivity (Wildman–Crippen MR) is 87.8 cm³/mol. The molecule has 0 aromatic heterocycles. The highest BCUT2D eigenvalue weighted by molar-refractivity contribution is 9.10. The largest absolute Gasteiger partial charge is 0.491 e. The molecule has 0 saturated carbocycles. The minimum absolute atomic E-state index is 0.461. The average Bonchev–Trinajstić information content (AvgIpc) is 2.66. The standard InChI is InChI=1S/C13H16BrClN2O.C2H6/c1-8-12(14)11(15)4-9-6-17-3-2-16-5-10(17)7-18-13(8)9;1-2/h4,10,16H,2-3,5-7H2,1H3;1-2H3. The van der Waals surface area contributed by atoms with Gasteiger partial charge in [-0.25, -0.2) is 0 Å². The van der Waals surface area contributed by atoms with E-state index >= 15 is 0 Å². The fourth-order valence-electron chi connectivity index (χ4n) is 2.69. The van der Waals surface area contributed by atoms with Gasteiger partial charge in [0.25, 0.3) is 0 Å². The molecule has 112 valence electrons. The van der Waals surface area contributed by atoms with Gasteiger partial charge in [-0.1, -0.05) is 25.4 Å². The van der Waals surface area contributed by atoms with E-state index < -0.39 is 0 Å². The Morgan fingerprint density at radius 1 is 1.45 bits per heavy atom. The summed E-state index contributed by atoms with van der Waals surface area (Å²) in [5.41, 5.74) is 2.30. The molecule has 3 nitrogen and oxygen atoms in total. The van der Waals surface area contributed by atoms with Crippen LogP contribution in [0.25, 0.3) is 0 Å². The molecular weight excluding hydrogens is 340 g/mol. The number of hydrogen-bond acceptors (Lipinski definition) is 3. The summed E-state index contributed by atoms with van der Waals surface area (Å²) in [6.07, 6.45) is 0. The lowest BCUT2D eigenvalue weighted by Gasteiger charge is -2.33. The molecule has 20 heavy (non-hydrogen) atoms. The SMILES string of the molecule is CC.Cc1c(Br)c(Cl)cc2c1OCC1CNCCN1C2. The molecule has 0 radical (unpaired) electrons. The molecule has 1 atom stereocenters. The third-order valence-electron chi connectivity index (χ3n) is 3.74. The molecule has 0 spiro atoms. The van der Waals surface area contributed by atoms with Crippen LogP contribution in [0.15, 0.2) is 10.5 Å². The van der Waals surface area contributed by atoms with Gasteiger partial charge in [0, 0.05) is 41.8 Å². The van der Waals surface area contributed by atoms with Gasteiger partial charge in [-0.3, -0.25) is 4.90 Å². The van der Waals surface area contributed by atoms with E-state index in [0.29, 0.717) is 6.04 Å². The van der Waals surface area contributed by atoms with Gasteiger partial charge in [-0.05, 0) is 28.9 Å². The van der Waals surface area contributed by atoms with Crippen molar-refractivity contribution in [3.63, 3.8) is 0 Å². The fraction of sp³-hybridized carbons (Fsp3) is 0.600. The van der Waals surface area contributed by atoms with E-state index in [-0.39, 0.29) is 0 Å². The molecule has 1 aromatic carbocycles. The summed E-state index contributed by atoms with van der Waals surface area (Å²) in [6.45, 7) is 10.8. The van der Waals surface area contributed by atoms with Gasteiger partial charge in [0.2, 0.25) is 0 Å². The van der Waals surface area contributed by atoms with Crippen LogP contribution >= 0.6 is 27.5 Å². The van der Waals surface area contributed by atoms with Crippen LogP contribution in [0.1, 0.15) is 25.0 Å². The second kappa shape index (κ2) is 7.12. The molecule has 5 heteroatoms. The quantitative estimate of drug-likeness (QED) is 0.764. The van der Waals surface area contributed by atoms with E-state index in [1.165, 1.54) is 5.56 Å². The fourth-order valence-corrected chi connectivity index (χ4v) is 3.26. The van der Waals surface area contributed by atoms with Crippen molar-refractivity contribution in [3.8, 4) is 5.75 Å². The van der Waals surface area contributed by atoms with E-state index in [4.69, 9.17) is 16.3 Å². The third kappa shape index (κ3) is 3.14. The molecule has 1 N–H and O–H groups in total. The summed E-state index contributed by atoms with van der Waals surface area (Å²) in [6, 6.07) is 2.49. The number of ether oxygens (including phenoxy) is 1. The minimum Gasteiger partial charge on any atom is -0.491 e. The molecule has 1 aromatic rings. The number of nitrogens with one attached hydrogen (secondary N) is 1. The van der Waals surface area contributed by atoms with E-state index in [0.717, 1.165) is 53.6 Å². The highest BCUT2D eigenvalue weighted by atomic mass is 79.9. The van der Waals surface area contributed by atoms with Gasteiger partial charge < -0.3 is 10.1 Å². The van der Waals surface area contributed by atoms with Crippen molar-refractivity contribution in [2.45, 2.75) is 33.4 Å². The second-order valence-corrected chi connectivity index (χ2v) is 6.13. The number of hydrogen-bond donors (Lipinski definition) is 1. The molecule has 2 aliphatic heterocycles. The van der Waals surface area contributed by atoms with Gasteiger partial charge >= 0.3 is 0 Å². The maximum absolute atomic E-state index is 6.25. The van der Waals surface area contributed by atoms with Crippen molar-refractivity contribution in [2.24, 2.45) is 0 Å².